The van der Waals surface area contributed by atoms with Crippen LogP contribution in [0.1, 0.15) is 56.3 Å². The highest BCUT2D eigenvalue weighted by Gasteiger charge is 2.40. The highest BCUT2D eigenvalue weighted by molar-refractivity contribution is 5.06. The van der Waals surface area contributed by atoms with E-state index >= 15 is 0 Å². The van der Waals surface area contributed by atoms with Crippen LogP contribution in [0.25, 0.3) is 0 Å². The third-order valence-corrected chi connectivity index (χ3v) is 4.01. The van der Waals surface area contributed by atoms with E-state index in [0.717, 1.165) is 37.5 Å². The maximum absolute atomic E-state index is 5.66. The van der Waals surface area contributed by atoms with E-state index in [1.165, 1.54) is 19.3 Å². The van der Waals surface area contributed by atoms with E-state index in [0.29, 0.717) is 0 Å². The molecular formula is C12H19N3O2. The molecule has 17 heavy (non-hydrogen) atoms. The Morgan fingerprint density at radius 2 is 2.18 bits per heavy atom. The van der Waals surface area contributed by atoms with Crippen molar-refractivity contribution in [3.05, 3.63) is 11.7 Å². The number of nitrogens with zero attached hydrogens (tertiary/aromatic N) is 2. The van der Waals surface area contributed by atoms with Gasteiger partial charge in [-0.15, -0.1) is 0 Å². The lowest BCUT2D eigenvalue weighted by Crippen LogP contribution is -2.26. The Bertz CT molecular complexity index is 379. The summed E-state index contributed by atoms with van der Waals surface area (Å²) in [6.07, 6.45) is 6.62. The Balaban J connectivity index is 1.83. The molecule has 1 aliphatic carbocycles. The summed E-state index contributed by atoms with van der Waals surface area (Å²) in [5.41, 5.74) is -0.291. The summed E-state index contributed by atoms with van der Waals surface area (Å²) in [5.74, 6) is 1.46. The predicted octanol–water partition coefficient (Wildman–Crippen LogP) is 1.91. The molecule has 1 aliphatic heterocycles. The first-order valence-corrected chi connectivity index (χ1v) is 6.47. The maximum Gasteiger partial charge on any atom is 0.243 e. The van der Waals surface area contributed by atoms with Crippen LogP contribution in [-0.2, 0) is 10.3 Å². The van der Waals surface area contributed by atoms with Crippen molar-refractivity contribution < 1.29 is 9.26 Å². The topological polar surface area (TPSA) is 60.2 Å². The van der Waals surface area contributed by atoms with E-state index in [4.69, 9.17) is 9.26 Å². The van der Waals surface area contributed by atoms with Crippen molar-refractivity contribution in [3.63, 3.8) is 0 Å². The molecule has 0 spiro atoms. The number of aromatic nitrogens is 2. The van der Waals surface area contributed by atoms with Gasteiger partial charge < -0.3 is 14.6 Å². The third kappa shape index (κ3) is 1.87. The van der Waals surface area contributed by atoms with E-state index in [1.54, 1.807) is 7.11 Å². The highest BCUT2D eigenvalue weighted by atomic mass is 16.5. The largest absolute Gasteiger partial charge is 0.370 e. The van der Waals surface area contributed by atoms with Gasteiger partial charge in [-0.2, -0.15) is 4.98 Å². The number of nitrogens with one attached hydrogen (secondary N) is 1. The maximum atomic E-state index is 5.66. The lowest BCUT2D eigenvalue weighted by atomic mass is 10.0. The fourth-order valence-electron chi connectivity index (χ4n) is 2.92. The fourth-order valence-corrected chi connectivity index (χ4v) is 2.92. The minimum atomic E-state index is -0.291. The van der Waals surface area contributed by atoms with Gasteiger partial charge in [0.2, 0.25) is 11.7 Å². The third-order valence-electron chi connectivity index (χ3n) is 4.01. The molecule has 94 valence electrons. The lowest BCUT2D eigenvalue weighted by molar-refractivity contribution is -0.0178. The molecule has 5 heteroatoms. The monoisotopic (exact) mass is 237 g/mol. The molecule has 3 rings (SSSR count). The Morgan fingerprint density at radius 3 is 2.82 bits per heavy atom. The van der Waals surface area contributed by atoms with Crippen molar-refractivity contribution in [3.8, 4) is 0 Å². The summed E-state index contributed by atoms with van der Waals surface area (Å²) in [5, 5.41) is 7.50. The van der Waals surface area contributed by atoms with Crippen LogP contribution in [0.5, 0.6) is 0 Å². The van der Waals surface area contributed by atoms with E-state index < -0.39 is 0 Å². The smallest absolute Gasteiger partial charge is 0.243 e. The average molecular weight is 237 g/mol. The predicted molar refractivity (Wildman–Crippen MR) is 61.4 cm³/mol. The molecule has 0 amide bonds. The standard InChI is InChI=1S/C12H19N3O2/c1-16-12(6-2-3-7-12)11-14-10(17-15-11)9-5-4-8-13-9/h9,13H,2-8H2,1H3/t9-/m0/s1. The summed E-state index contributed by atoms with van der Waals surface area (Å²) in [7, 11) is 1.75. The van der Waals surface area contributed by atoms with Gasteiger partial charge in [-0.05, 0) is 45.1 Å². The van der Waals surface area contributed by atoms with Crippen LogP contribution in [0.2, 0.25) is 0 Å². The Kier molecular flexibility index (Phi) is 2.88. The first-order valence-electron chi connectivity index (χ1n) is 6.47. The van der Waals surface area contributed by atoms with Gasteiger partial charge >= 0.3 is 0 Å². The van der Waals surface area contributed by atoms with Crippen molar-refractivity contribution in [1.82, 2.24) is 15.5 Å². The SMILES string of the molecule is COC1(c2noc([C@@H]3CCCN3)n2)CCCC1. The second kappa shape index (κ2) is 4.38. The molecule has 5 nitrogen and oxygen atoms in total. The molecule has 0 aromatic carbocycles. The molecule has 1 saturated heterocycles. The summed E-state index contributed by atoms with van der Waals surface area (Å²) in [6.45, 7) is 1.04. The second-order valence-corrected chi connectivity index (χ2v) is 5.01. The zero-order valence-electron chi connectivity index (χ0n) is 10.2. The van der Waals surface area contributed by atoms with Gasteiger partial charge in [0.1, 0.15) is 5.60 Å². The average Bonchev–Trinajstić information content (AvgIpc) is 3.10. The molecule has 2 heterocycles. The minimum absolute atomic E-state index is 0.242. The van der Waals surface area contributed by atoms with Crippen molar-refractivity contribution in [1.29, 1.82) is 0 Å². The molecule has 1 aromatic heterocycles. The number of rotatable bonds is 3. The first-order chi connectivity index (χ1) is 8.34. The molecule has 0 unspecified atom stereocenters. The van der Waals surface area contributed by atoms with Gasteiger partial charge in [-0.25, -0.2) is 0 Å². The van der Waals surface area contributed by atoms with Crippen LogP contribution in [0.3, 0.4) is 0 Å². The Labute approximate surface area is 101 Å². The normalized spacial score (nSPS) is 27.7. The van der Waals surface area contributed by atoms with Crippen LogP contribution in [0, 0.1) is 0 Å². The lowest BCUT2D eigenvalue weighted by Gasteiger charge is -2.22. The van der Waals surface area contributed by atoms with Gasteiger partial charge in [0.15, 0.2) is 0 Å². The molecule has 2 fully saturated rings. The van der Waals surface area contributed by atoms with Gasteiger partial charge in [-0.3, -0.25) is 0 Å². The summed E-state index contributed by atoms with van der Waals surface area (Å²) in [4.78, 5) is 4.55. The zero-order chi connectivity index (χ0) is 11.7. The Morgan fingerprint density at radius 1 is 1.35 bits per heavy atom. The number of methoxy groups -OCH3 is 1. The Hall–Kier alpha value is -0.940. The second-order valence-electron chi connectivity index (χ2n) is 5.01. The molecule has 1 aromatic rings. The number of hydrogen-bond acceptors (Lipinski definition) is 5. The summed E-state index contributed by atoms with van der Waals surface area (Å²) < 4.78 is 11.0. The van der Waals surface area contributed by atoms with Gasteiger partial charge in [0.25, 0.3) is 0 Å². The van der Waals surface area contributed by atoms with Gasteiger partial charge in [-0.1, -0.05) is 5.16 Å². The molecule has 1 N–H and O–H groups in total. The van der Waals surface area contributed by atoms with Crippen LogP contribution >= 0.6 is 0 Å². The van der Waals surface area contributed by atoms with Crippen LogP contribution in [-0.4, -0.2) is 23.8 Å². The fraction of sp³-hybridized carbons (Fsp3) is 0.833. The van der Waals surface area contributed by atoms with E-state index in [-0.39, 0.29) is 11.6 Å². The summed E-state index contributed by atoms with van der Waals surface area (Å²) >= 11 is 0. The van der Waals surface area contributed by atoms with Crippen molar-refractivity contribution in [2.75, 3.05) is 13.7 Å². The molecule has 1 saturated carbocycles. The highest BCUT2D eigenvalue weighted by Crippen LogP contribution is 2.40. The van der Waals surface area contributed by atoms with Crippen molar-refractivity contribution >= 4 is 0 Å². The molecule has 0 bridgehead atoms. The molecular weight excluding hydrogens is 218 g/mol. The molecule has 0 radical (unpaired) electrons. The van der Waals surface area contributed by atoms with E-state index in [9.17, 15) is 0 Å². The van der Waals surface area contributed by atoms with Gasteiger partial charge in [0.05, 0.1) is 6.04 Å². The quantitative estimate of drug-likeness (QED) is 0.870. The van der Waals surface area contributed by atoms with Crippen LogP contribution in [0.4, 0.5) is 0 Å². The van der Waals surface area contributed by atoms with E-state index in [1.807, 2.05) is 0 Å². The minimum Gasteiger partial charge on any atom is -0.370 e. The van der Waals surface area contributed by atoms with Crippen LogP contribution < -0.4 is 5.32 Å². The van der Waals surface area contributed by atoms with E-state index in [2.05, 4.69) is 15.5 Å². The van der Waals surface area contributed by atoms with Crippen molar-refractivity contribution in [2.24, 2.45) is 0 Å². The first kappa shape index (κ1) is 11.2. The molecule has 2 aliphatic rings. The van der Waals surface area contributed by atoms with Crippen LogP contribution in [0.15, 0.2) is 4.52 Å². The van der Waals surface area contributed by atoms with Gasteiger partial charge in [0, 0.05) is 7.11 Å². The molecule has 1 atom stereocenters. The summed E-state index contributed by atoms with van der Waals surface area (Å²) in [6, 6.07) is 0.242. The van der Waals surface area contributed by atoms with Crippen molar-refractivity contribution in [2.45, 2.75) is 50.2 Å². The number of ether oxygens (including phenoxy) is 1. The number of hydrogen-bond donors (Lipinski definition) is 1. The zero-order valence-corrected chi connectivity index (χ0v) is 10.2.